The number of allylic oxidation sites excluding steroid dienone is 2. The summed E-state index contributed by atoms with van der Waals surface area (Å²) in [7, 11) is 1.73. The Morgan fingerprint density at radius 3 is 2.60 bits per heavy atom. The molecular formula is C37H57NO7. The molecule has 0 aromatic heterocycles. The lowest BCUT2D eigenvalue weighted by Crippen LogP contribution is -2.52. The van der Waals surface area contributed by atoms with Crippen molar-refractivity contribution in [3.05, 3.63) is 71.3 Å². The molecule has 2 heterocycles. The van der Waals surface area contributed by atoms with E-state index in [4.69, 9.17) is 14.2 Å². The number of methoxy groups -OCH3 is 1. The van der Waals surface area contributed by atoms with E-state index in [1.54, 1.807) is 33.1 Å². The summed E-state index contributed by atoms with van der Waals surface area (Å²) < 4.78 is 17.8. The molecule has 10 unspecified atom stereocenters. The highest BCUT2D eigenvalue weighted by atomic mass is 16.6. The van der Waals surface area contributed by atoms with Crippen LogP contribution in [-0.4, -0.2) is 76.2 Å². The molecule has 252 valence electrons. The number of aryl methyl sites for hydroxylation is 1. The number of hydrogen-bond acceptors (Lipinski definition) is 8. The van der Waals surface area contributed by atoms with E-state index in [1.807, 2.05) is 32.1 Å². The van der Waals surface area contributed by atoms with Crippen LogP contribution in [-0.2, 0) is 25.5 Å². The van der Waals surface area contributed by atoms with Gasteiger partial charge in [-0.1, -0.05) is 81.0 Å². The Hall–Kier alpha value is -2.33. The van der Waals surface area contributed by atoms with Crippen LogP contribution in [0.15, 0.2) is 60.2 Å². The van der Waals surface area contributed by atoms with Crippen molar-refractivity contribution < 1.29 is 34.3 Å². The maximum absolute atomic E-state index is 12.7. The fourth-order valence-electron chi connectivity index (χ4n) is 6.29. The molecule has 0 radical (unpaired) electrons. The molecule has 2 aliphatic heterocycles. The van der Waals surface area contributed by atoms with Crippen LogP contribution < -0.4 is 5.32 Å². The number of epoxide rings is 1. The largest absolute Gasteiger partial charge is 0.457 e. The lowest BCUT2D eigenvalue weighted by Gasteiger charge is -2.31. The van der Waals surface area contributed by atoms with Crippen LogP contribution in [0.4, 0.5) is 0 Å². The number of esters is 1. The SMILES string of the molecule is CCC(OC)C(C)C1OC1C(NCc1ccc(C)cc1)C(C)(O)C=CC=C(C)C1OC(=O)CC(O)CCC(C)(O)CC=CC1C. The Labute approximate surface area is 270 Å². The van der Waals surface area contributed by atoms with E-state index in [1.165, 1.54) is 5.56 Å². The van der Waals surface area contributed by atoms with Crippen LogP contribution in [0, 0.1) is 18.8 Å². The Balaban J connectivity index is 1.81. The number of carbonyl (C=O) groups excluding carboxylic acids is 1. The minimum Gasteiger partial charge on any atom is -0.457 e. The van der Waals surface area contributed by atoms with E-state index in [0.717, 1.165) is 17.6 Å². The van der Waals surface area contributed by atoms with E-state index in [9.17, 15) is 20.1 Å². The molecule has 0 saturated carbocycles. The summed E-state index contributed by atoms with van der Waals surface area (Å²) in [6.45, 7) is 14.3. The second kappa shape index (κ2) is 16.5. The van der Waals surface area contributed by atoms with Gasteiger partial charge in [-0.25, -0.2) is 0 Å². The molecule has 0 bridgehead atoms. The number of carbonyl (C=O) groups is 1. The van der Waals surface area contributed by atoms with Gasteiger partial charge in [0.15, 0.2) is 0 Å². The molecule has 0 aliphatic carbocycles. The number of benzene rings is 1. The van der Waals surface area contributed by atoms with Crippen LogP contribution in [0.1, 0.15) is 84.8 Å². The van der Waals surface area contributed by atoms with Gasteiger partial charge in [0.05, 0.1) is 42.0 Å². The van der Waals surface area contributed by atoms with Crippen molar-refractivity contribution in [1.82, 2.24) is 5.32 Å². The Morgan fingerprint density at radius 1 is 1.27 bits per heavy atom. The number of ether oxygens (including phenoxy) is 3. The van der Waals surface area contributed by atoms with Crippen molar-refractivity contribution in [3.63, 3.8) is 0 Å². The molecule has 1 fully saturated rings. The average molecular weight is 628 g/mol. The van der Waals surface area contributed by atoms with Gasteiger partial charge in [-0.3, -0.25) is 4.79 Å². The monoisotopic (exact) mass is 627 g/mol. The number of rotatable bonds is 12. The highest BCUT2D eigenvalue weighted by Gasteiger charge is 2.54. The molecule has 8 nitrogen and oxygen atoms in total. The molecule has 0 spiro atoms. The Bertz CT molecular complexity index is 1170. The van der Waals surface area contributed by atoms with Gasteiger partial charge in [0.25, 0.3) is 0 Å². The van der Waals surface area contributed by atoms with Crippen molar-refractivity contribution in [2.24, 2.45) is 11.8 Å². The molecule has 1 aromatic rings. The number of aliphatic hydroxyl groups is 3. The second-order valence-electron chi connectivity index (χ2n) is 13.7. The van der Waals surface area contributed by atoms with Crippen LogP contribution in [0.25, 0.3) is 0 Å². The summed E-state index contributed by atoms with van der Waals surface area (Å²) in [5, 5.41) is 36.4. The molecule has 1 saturated heterocycles. The van der Waals surface area contributed by atoms with Gasteiger partial charge in [-0.15, -0.1) is 0 Å². The van der Waals surface area contributed by atoms with Gasteiger partial charge >= 0.3 is 5.97 Å². The maximum Gasteiger partial charge on any atom is 0.309 e. The summed E-state index contributed by atoms with van der Waals surface area (Å²) in [5.74, 6) is -0.475. The third-order valence-corrected chi connectivity index (χ3v) is 9.37. The predicted molar refractivity (Wildman–Crippen MR) is 178 cm³/mol. The summed E-state index contributed by atoms with van der Waals surface area (Å²) in [6.07, 6.45) is 9.61. The zero-order valence-corrected chi connectivity index (χ0v) is 28.5. The number of cyclic esters (lactones) is 1. The average Bonchev–Trinajstić information content (AvgIpc) is 3.76. The standard InChI is InChI=1S/C37H57NO7/c1-9-30(43-8)27(5)33-34(45-33)35(38-23-28-16-14-24(2)15-17-28)37(7,42)20-11-13-26(4)32-25(3)12-10-19-36(6,41)21-18-29(39)22-31(40)44-32/h10-17,20,25,27,29-30,32-35,38-39,41-42H,9,18-19,21-23H2,1-8H3. The third-order valence-electron chi connectivity index (χ3n) is 9.37. The molecule has 45 heavy (non-hydrogen) atoms. The molecule has 8 heteroatoms. The van der Waals surface area contributed by atoms with Crippen LogP contribution in [0.2, 0.25) is 0 Å². The van der Waals surface area contributed by atoms with Crippen LogP contribution in [0.5, 0.6) is 0 Å². The number of nitrogens with one attached hydrogen (secondary N) is 1. The second-order valence-corrected chi connectivity index (χ2v) is 13.7. The topological polar surface area (TPSA) is 121 Å². The lowest BCUT2D eigenvalue weighted by atomic mass is 9.87. The lowest BCUT2D eigenvalue weighted by molar-refractivity contribution is -0.151. The van der Waals surface area contributed by atoms with Gasteiger partial charge in [-0.2, -0.15) is 0 Å². The zero-order chi connectivity index (χ0) is 33.4. The zero-order valence-electron chi connectivity index (χ0n) is 28.5. The summed E-state index contributed by atoms with van der Waals surface area (Å²) in [5.41, 5.74) is 0.891. The Kier molecular flexibility index (Phi) is 13.6. The minimum atomic E-state index is -1.26. The molecule has 2 aliphatic rings. The highest BCUT2D eigenvalue weighted by Crippen LogP contribution is 2.39. The van der Waals surface area contributed by atoms with Gasteiger partial charge in [0, 0.05) is 25.5 Å². The first-order valence-electron chi connectivity index (χ1n) is 16.5. The van der Waals surface area contributed by atoms with E-state index >= 15 is 0 Å². The normalized spacial score (nSPS) is 31.8. The van der Waals surface area contributed by atoms with Gasteiger partial charge < -0.3 is 34.8 Å². The van der Waals surface area contributed by atoms with Crippen molar-refractivity contribution >= 4 is 5.97 Å². The Morgan fingerprint density at radius 2 is 1.96 bits per heavy atom. The number of aliphatic hydroxyl groups excluding tert-OH is 1. The maximum atomic E-state index is 12.7. The first-order chi connectivity index (χ1) is 21.2. The quantitative estimate of drug-likeness (QED) is 0.106. The van der Waals surface area contributed by atoms with Crippen molar-refractivity contribution in [2.75, 3.05) is 7.11 Å². The molecule has 10 atom stereocenters. The molecule has 0 amide bonds. The van der Waals surface area contributed by atoms with Gasteiger partial charge in [0.1, 0.15) is 12.2 Å². The van der Waals surface area contributed by atoms with E-state index in [0.29, 0.717) is 25.8 Å². The van der Waals surface area contributed by atoms with Crippen molar-refractivity contribution in [1.29, 1.82) is 0 Å². The fraction of sp³-hybridized carbons (Fsp3) is 0.649. The van der Waals surface area contributed by atoms with Gasteiger partial charge in [0.2, 0.25) is 0 Å². The van der Waals surface area contributed by atoms with Crippen molar-refractivity contribution in [3.8, 4) is 0 Å². The highest BCUT2D eigenvalue weighted by molar-refractivity contribution is 5.70. The molecular weight excluding hydrogens is 570 g/mol. The summed E-state index contributed by atoms with van der Waals surface area (Å²) >= 11 is 0. The van der Waals surface area contributed by atoms with Crippen molar-refractivity contribution in [2.45, 2.75) is 135 Å². The van der Waals surface area contributed by atoms with E-state index in [2.05, 4.69) is 50.4 Å². The molecule has 3 rings (SSSR count). The number of hydrogen-bond donors (Lipinski definition) is 4. The summed E-state index contributed by atoms with van der Waals surface area (Å²) in [4.78, 5) is 12.7. The van der Waals surface area contributed by atoms with Gasteiger partial charge in [-0.05, 0) is 64.5 Å². The first-order valence-corrected chi connectivity index (χ1v) is 16.5. The smallest absolute Gasteiger partial charge is 0.309 e. The van der Waals surface area contributed by atoms with E-state index in [-0.39, 0.29) is 42.6 Å². The first kappa shape index (κ1) is 37.1. The summed E-state index contributed by atoms with van der Waals surface area (Å²) in [6, 6.07) is 7.94. The fourth-order valence-corrected chi connectivity index (χ4v) is 6.29. The minimum absolute atomic E-state index is 0.0398. The third kappa shape index (κ3) is 11.2. The van der Waals surface area contributed by atoms with Crippen LogP contribution >= 0.6 is 0 Å². The molecule has 4 N–H and O–H groups in total. The van der Waals surface area contributed by atoms with Crippen LogP contribution in [0.3, 0.4) is 0 Å². The molecule has 1 aromatic carbocycles. The van der Waals surface area contributed by atoms with E-state index < -0.39 is 29.4 Å². The predicted octanol–water partition coefficient (Wildman–Crippen LogP) is 5.33.